The van der Waals surface area contributed by atoms with Gasteiger partial charge in [-0.3, -0.25) is 9.59 Å². The van der Waals surface area contributed by atoms with Gasteiger partial charge in [-0.15, -0.1) is 0 Å². The number of benzene rings is 3. The largest absolute Gasteiger partial charge is 0.443 e. The number of nitrogens with one attached hydrogen (secondary N) is 1. The maximum absolute atomic E-state index is 13.4. The zero-order valence-electron chi connectivity index (χ0n) is 18.0. The Hall–Kier alpha value is -4.26. The van der Waals surface area contributed by atoms with Crippen LogP contribution < -0.4 is 10.2 Å². The molecule has 6 nitrogen and oxygen atoms in total. The lowest BCUT2D eigenvalue weighted by atomic mass is 10.0. The molecular formula is C26H22FN3O3. The van der Waals surface area contributed by atoms with E-state index < -0.39 is 5.91 Å². The van der Waals surface area contributed by atoms with E-state index in [1.807, 2.05) is 37.3 Å². The van der Waals surface area contributed by atoms with Gasteiger partial charge in [0, 0.05) is 24.3 Å². The predicted molar refractivity (Wildman–Crippen MR) is 123 cm³/mol. The molecule has 4 rings (SSSR count). The number of nitrogens with zero attached hydrogens (tertiary/aromatic N) is 2. The molecule has 0 aliphatic rings. The number of hydrogen-bond acceptors (Lipinski definition) is 4. The molecule has 0 bridgehead atoms. The van der Waals surface area contributed by atoms with Crippen LogP contribution in [0.4, 0.5) is 10.1 Å². The highest BCUT2D eigenvalue weighted by molar-refractivity contribution is 6.11. The number of halogens is 1. The van der Waals surface area contributed by atoms with Gasteiger partial charge in [0.2, 0.25) is 0 Å². The first kappa shape index (κ1) is 22.0. The van der Waals surface area contributed by atoms with Crippen LogP contribution in [0.2, 0.25) is 0 Å². The van der Waals surface area contributed by atoms with Gasteiger partial charge in [-0.25, -0.2) is 9.37 Å². The maximum atomic E-state index is 13.4. The van der Waals surface area contributed by atoms with Gasteiger partial charge < -0.3 is 14.6 Å². The Morgan fingerprint density at radius 1 is 1.00 bits per heavy atom. The fraction of sp³-hybridized carbons (Fsp3) is 0.115. The van der Waals surface area contributed by atoms with E-state index in [2.05, 4.69) is 10.3 Å². The predicted octanol–water partition coefficient (Wildman–Crippen LogP) is 5.08. The molecule has 166 valence electrons. The Balaban J connectivity index is 1.62. The molecule has 0 aliphatic carbocycles. The van der Waals surface area contributed by atoms with Gasteiger partial charge >= 0.3 is 0 Å². The third kappa shape index (κ3) is 4.82. The summed E-state index contributed by atoms with van der Waals surface area (Å²) in [6.07, 6.45) is 1.17. The second-order valence-electron chi connectivity index (χ2n) is 7.27. The number of amides is 2. The third-order valence-corrected chi connectivity index (χ3v) is 5.16. The Labute approximate surface area is 190 Å². The van der Waals surface area contributed by atoms with Gasteiger partial charge in [-0.2, -0.15) is 0 Å². The van der Waals surface area contributed by atoms with Crippen molar-refractivity contribution in [1.29, 1.82) is 0 Å². The van der Waals surface area contributed by atoms with Crippen molar-refractivity contribution < 1.29 is 18.4 Å². The van der Waals surface area contributed by atoms with Crippen molar-refractivity contribution in [2.24, 2.45) is 0 Å². The van der Waals surface area contributed by atoms with Crippen LogP contribution in [0.3, 0.4) is 0 Å². The second kappa shape index (κ2) is 9.91. The van der Waals surface area contributed by atoms with E-state index in [1.165, 1.54) is 18.5 Å². The van der Waals surface area contributed by atoms with Crippen LogP contribution in [0.1, 0.15) is 33.3 Å². The smallest absolute Gasteiger partial charge is 0.274 e. The summed E-state index contributed by atoms with van der Waals surface area (Å²) in [5.74, 6) is -0.891. The molecule has 1 aromatic heterocycles. The van der Waals surface area contributed by atoms with Crippen molar-refractivity contribution >= 4 is 17.5 Å². The number of carbonyl (C=O) groups excluding carboxylic acids is 2. The van der Waals surface area contributed by atoms with Crippen molar-refractivity contribution in [3.8, 4) is 11.3 Å². The molecule has 1 heterocycles. The summed E-state index contributed by atoms with van der Waals surface area (Å²) in [6.45, 7) is 2.49. The number of rotatable bonds is 7. The Morgan fingerprint density at radius 2 is 1.76 bits per heavy atom. The van der Waals surface area contributed by atoms with Crippen LogP contribution >= 0.6 is 0 Å². The Kier molecular flexibility index (Phi) is 6.59. The van der Waals surface area contributed by atoms with Gasteiger partial charge in [0.25, 0.3) is 11.8 Å². The fourth-order valence-corrected chi connectivity index (χ4v) is 3.58. The molecule has 0 aliphatic heterocycles. The maximum Gasteiger partial charge on any atom is 0.274 e. The molecule has 0 atom stereocenters. The summed E-state index contributed by atoms with van der Waals surface area (Å²) in [5, 5.41) is 2.72. The number of anilines is 1. The van der Waals surface area contributed by atoms with Crippen molar-refractivity contribution in [2.45, 2.75) is 13.5 Å². The number of oxazole rings is 1. The third-order valence-electron chi connectivity index (χ3n) is 5.16. The van der Waals surface area contributed by atoms with Gasteiger partial charge in [0.15, 0.2) is 17.8 Å². The van der Waals surface area contributed by atoms with Crippen LogP contribution in [0, 0.1) is 5.82 Å². The van der Waals surface area contributed by atoms with Gasteiger partial charge in [-0.1, -0.05) is 48.5 Å². The minimum absolute atomic E-state index is 0.0504. The summed E-state index contributed by atoms with van der Waals surface area (Å²) >= 11 is 0. The van der Waals surface area contributed by atoms with E-state index in [0.29, 0.717) is 23.2 Å². The highest BCUT2D eigenvalue weighted by Crippen LogP contribution is 2.29. The summed E-state index contributed by atoms with van der Waals surface area (Å²) in [7, 11) is 0. The lowest BCUT2D eigenvalue weighted by Gasteiger charge is -2.22. The fourth-order valence-electron chi connectivity index (χ4n) is 3.58. The van der Waals surface area contributed by atoms with Crippen molar-refractivity contribution in [1.82, 2.24) is 10.3 Å². The summed E-state index contributed by atoms with van der Waals surface area (Å²) < 4.78 is 19.0. The number of para-hydroxylation sites is 1. The van der Waals surface area contributed by atoms with Gasteiger partial charge in [0.05, 0.1) is 5.56 Å². The first-order chi connectivity index (χ1) is 16.1. The van der Waals surface area contributed by atoms with Crippen molar-refractivity contribution in [3.05, 3.63) is 108 Å². The van der Waals surface area contributed by atoms with Crippen molar-refractivity contribution in [3.63, 3.8) is 0 Å². The number of hydrogen-bond donors (Lipinski definition) is 1. The van der Waals surface area contributed by atoms with E-state index in [4.69, 9.17) is 4.42 Å². The topological polar surface area (TPSA) is 75.4 Å². The van der Waals surface area contributed by atoms with Crippen LogP contribution in [0.25, 0.3) is 11.3 Å². The molecule has 3 aromatic carbocycles. The molecule has 0 saturated carbocycles. The molecule has 1 N–H and O–H groups in total. The van der Waals surface area contributed by atoms with Gasteiger partial charge in [-0.05, 0) is 42.8 Å². The van der Waals surface area contributed by atoms with Crippen LogP contribution in [-0.4, -0.2) is 23.3 Å². The Morgan fingerprint density at radius 3 is 2.52 bits per heavy atom. The lowest BCUT2D eigenvalue weighted by Crippen LogP contribution is -2.31. The minimum Gasteiger partial charge on any atom is -0.443 e. The molecule has 0 fully saturated rings. The van der Waals surface area contributed by atoms with E-state index in [0.717, 1.165) is 5.69 Å². The zero-order chi connectivity index (χ0) is 23.2. The standard InChI is InChI=1S/C26H22FN3O3/c1-2-30(20-11-4-3-5-12-20)26(32)22-14-7-6-13-21(22)24-23(29-17-33-24)25(31)28-16-18-9-8-10-19(27)15-18/h3-15,17H,2,16H2,1H3,(H,28,31). The van der Waals surface area contributed by atoms with E-state index >= 15 is 0 Å². The molecule has 7 heteroatoms. The van der Waals surface area contributed by atoms with Crippen molar-refractivity contribution in [2.75, 3.05) is 11.4 Å². The quantitative estimate of drug-likeness (QED) is 0.432. The average molecular weight is 443 g/mol. The summed E-state index contributed by atoms with van der Waals surface area (Å²) in [4.78, 5) is 32.0. The minimum atomic E-state index is -0.485. The number of carbonyl (C=O) groups is 2. The molecule has 2 amide bonds. The van der Waals surface area contributed by atoms with Crippen LogP contribution in [-0.2, 0) is 6.54 Å². The van der Waals surface area contributed by atoms with E-state index in [9.17, 15) is 14.0 Å². The molecule has 0 unspecified atom stereocenters. The molecular weight excluding hydrogens is 421 g/mol. The Bertz CT molecular complexity index is 1270. The normalized spacial score (nSPS) is 10.6. The molecule has 0 radical (unpaired) electrons. The SMILES string of the molecule is CCN(C(=O)c1ccccc1-c1ocnc1C(=O)NCc1cccc(F)c1)c1ccccc1. The van der Waals surface area contributed by atoms with E-state index in [-0.39, 0.29) is 29.7 Å². The zero-order valence-corrected chi connectivity index (χ0v) is 18.0. The molecule has 0 spiro atoms. The van der Waals surface area contributed by atoms with Crippen LogP contribution in [0.15, 0.2) is 89.7 Å². The highest BCUT2D eigenvalue weighted by Gasteiger charge is 2.25. The molecule has 4 aromatic rings. The number of aromatic nitrogens is 1. The first-order valence-electron chi connectivity index (χ1n) is 10.5. The average Bonchev–Trinajstić information content (AvgIpc) is 3.34. The highest BCUT2D eigenvalue weighted by atomic mass is 19.1. The van der Waals surface area contributed by atoms with Gasteiger partial charge in [0.1, 0.15) is 5.82 Å². The van der Waals surface area contributed by atoms with E-state index in [1.54, 1.807) is 41.3 Å². The molecule has 0 saturated heterocycles. The second-order valence-corrected chi connectivity index (χ2v) is 7.27. The van der Waals surface area contributed by atoms with Crippen LogP contribution in [0.5, 0.6) is 0 Å². The monoisotopic (exact) mass is 443 g/mol. The molecule has 33 heavy (non-hydrogen) atoms. The first-order valence-corrected chi connectivity index (χ1v) is 10.5. The summed E-state index contributed by atoms with van der Waals surface area (Å²) in [5.41, 5.74) is 2.29. The lowest BCUT2D eigenvalue weighted by molar-refractivity contribution is 0.0944. The summed E-state index contributed by atoms with van der Waals surface area (Å²) in [6, 6.07) is 22.3.